The van der Waals surface area contributed by atoms with Crippen LogP contribution in [0.1, 0.15) is 32.3 Å². The van der Waals surface area contributed by atoms with Crippen molar-refractivity contribution in [1.82, 2.24) is 15.5 Å². The minimum Gasteiger partial charge on any atom is -0.377 e. The van der Waals surface area contributed by atoms with E-state index >= 15 is 0 Å². The van der Waals surface area contributed by atoms with Gasteiger partial charge in [0.2, 0.25) is 0 Å². The normalized spacial score (nSPS) is 35.1. The van der Waals surface area contributed by atoms with Crippen molar-refractivity contribution in [2.45, 2.75) is 45.4 Å². The summed E-state index contributed by atoms with van der Waals surface area (Å²) in [5.41, 5.74) is 1.48. The third-order valence-electron chi connectivity index (χ3n) is 4.41. The smallest absolute Gasteiger partial charge is 0.0684 e. The predicted octanol–water partition coefficient (Wildman–Crippen LogP) is 1.70. The largest absolute Gasteiger partial charge is 0.377 e. The molecule has 3 atom stereocenters. The van der Waals surface area contributed by atoms with Crippen LogP contribution in [0.25, 0.3) is 0 Å². The van der Waals surface area contributed by atoms with Crippen molar-refractivity contribution in [1.29, 1.82) is 0 Å². The first-order valence-corrected chi connectivity index (χ1v) is 6.52. The Hall–Kier alpha value is -0.870. The summed E-state index contributed by atoms with van der Waals surface area (Å²) in [4.78, 5) is 0. The zero-order valence-corrected chi connectivity index (χ0v) is 10.6. The first kappa shape index (κ1) is 11.2. The molecule has 0 radical (unpaired) electrons. The lowest BCUT2D eigenvalue weighted by molar-refractivity contribution is -0.192. The summed E-state index contributed by atoms with van der Waals surface area (Å²) in [7, 11) is 0. The van der Waals surface area contributed by atoms with Gasteiger partial charge in [-0.05, 0) is 12.8 Å². The maximum Gasteiger partial charge on any atom is 0.0684 e. The summed E-state index contributed by atoms with van der Waals surface area (Å²) < 4.78 is 5.90. The molecule has 17 heavy (non-hydrogen) atoms. The number of rotatable bonds is 3. The van der Waals surface area contributed by atoms with E-state index in [1.54, 1.807) is 0 Å². The number of H-pyrrole nitrogens is 1. The highest BCUT2D eigenvalue weighted by atomic mass is 16.5. The summed E-state index contributed by atoms with van der Waals surface area (Å²) in [5.74, 6) is 0.700. The summed E-state index contributed by atoms with van der Waals surface area (Å²) >= 11 is 0. The van der Waals surface area contributed by atoms with Crippen LogP contribution in [0, 0.1) is 11.3 Å². The average Bonchev–Trinajstić information content (AvgIpc) is 2.82. The maximum atomic E-state index is 5.90. The summed E-state index contributed by atoms with van der Waals surface area (Å²) in [5, 5.41) is 10.5. The molecule has 2 fully saturated rings. The number of nitrogens with one attached hydrogen (secondary N) is 2. The van der Waals surface area contributed by atoms with Crippen LogP contribution in [-0.2, 0) is 11.3 Å². The fraction of sp³-hybridized carbons (Fsp3) is 0.769. The second-order valence-electron chi connectivity index (χ2n) is 5.88. The molecule has 1 aliphatic heterocycles. The van der Waals surface area contributed by atoms with Gasteiger partial charge in [-0.25, -0.2) is 0 Å². The molecule has 2 heterocycles. The molecule has 1 aromatic heterocycles. The lowest BCUT2D eigenvalue weighted by Gasteiger charge is -2.60. The molecule has 1 aliphatic carbocycles. The molecule has 4 heteroatoms. The van der Waals surface area contributed by atoms with Gasteiger partial charge in [0.25, 0.3) is 0 Å². The Morgan fingerprint density at radius 3 is 3.24 bits per heavy atom. The SMILES string of the molecule is CC1(C)C(NCc2cn[nH]c2)C2CCCOC21. The van der Waals surface area contributed by atoms with Crippen molar-refractivity contribution in [2.75, 3.05) is 6.61 Å². The van der Waals surface area contributed by atoms with Gasteiger partial charge < -0.3 is 10.1 Å². The van der Waals surface area contributed by atoms with Crippen LogP contribution < -0.4 is 5.32 Å². The lowest BCUT2D eigenvalue weighted by Crippen LogP contribution is -2.69. The predicted molar refractivity (Wildman–Crippen MR) is 65.5 cm³/mol. The Balaban J connectivity index is 1.62. The zero-order chi connectivity index (χ0) is 11.9. The monoisotopic (exact) mass is 235 g/mol. The Labute approximate surface area is 102 Å². The maximum absolute atomic E-state index is 5.90. The topological polar surface area (TPSA) is 49.9 Å². The van der Waals surface area contributed by atoms with Crippen molar-refractivity contribution in [3.63, 3.8) is 0 Å². The van der Waals surface area contributed by atoms with E-state index in [1.807, 2.05) is 12.4 Å². The minimum atomic E-state index is 0.259. The Bertz CT molecular complexity index is 374. The molecule has 1 saturated carbocycles. The highest BCUT2D eigenvalue weighted by molar-refractivity contribution is 5.11. The molecule has 1 aromatic rings. The minimum absolute atomic E-state index is 0.259. The van der Waals surface area contributed by atoms with E-state index in [2.05, 4.69) is 29.4 Å². The van der Waals surface area contributed by atoms with Crippen molar-refractivity contribution >= 4 is 0 Å². The standard InChI is InChI=1S/C13H21N3O/c1-13(2)11(10-4-3-5-17-12(10)13)14-6-9-7-15-16-8-9/h7-8,10-12,14H,3-6H2,1-2H3,(H,15,16). The van der Waals surface area contributed by atoms with Crippen LogP contribution >= 0.6 is 0 Å². The number of nitrogens with zero attached hydrogens (tertiary/aromatic N) is 1. The van der Waals surface area contributed by atoms with Gasteiger partial charge in [0.05, 0.1) is 12.3 Å². The van der Waals surface area contributed by atoms with E-state index in [1.165, 1.54) is 18.4 Å². The van der Waals surface area contributed by atoms with Gasteiger partial charge in [-0.15, -0.1) is 0 Å². The second-order valence-corrected chi connectivity index (χ2v) is 5.88. The highest BCUT2D eigenvalue weighted by Crippen LogP contribution is 2.51. The molecule has 1 saturated heterocycles. The quantitative estimate of drug-likeness (QED) is 0.838. The van der Waals surface area contributed by atoms with Crippen molar-refractivity contribution in [3.05, 3.63) is 18.0 Å². The van der Waals surface area contributed by atoms with Crippen LogP contribution in [0.4, 0.5) is 0 Å². The third kappa shape index (κ3) is 1.79. The molecule has 94 valence electrons. The molecule has 2 N–H and O–H groups in total. The van der Waals surface area contributed by atoms with Gasteiger partial charge in [0.1, 0.15) is 0 Å². The van der Waals surface area contributed by atoms with E-state index in [0.29, 0.717) is 18.1 Å². The zero-order valence-electron chi connectivity index (χ0n) is 10.6. The Morgan fingerprint density at radius 2 is 2.47 bits per heavy atom. The number of aromatic nitrogens is 2. The highest BCUT2D eigenvalue weighted by Gasteiger charge is 2.57. The van der Waals surface area contributed by atoms with E-state index in [0.717, 1.165) is 13.2 Å². The molecule has 3 unspecified atom stereocenters. The fourth-order valence-corrected chi connectivity index (χ4v) is 3.54. The molecular weight excluding hydrogens is 214 g/mol. The van der Waals surface area contributed by atoms with E-state index in [4.69, 9.17) is 4.74 Å². The van der Waals surface area contributed by atoms with Crippen molar-refractivity contribution < 1.29 is 4.74 Å². The number of ether oxygens (including phenoxy) is 1. The molecular formula is C13H21N3O. The number of hydrogen-bond donors (Lipinski definition) is 2. The van der Waals surface area contributed by atoms with Crippen LogP contribution in [0.2, 0.25) is 0 Å². The molecule has 3 rings (SSSR count). The number of aromatic amines is 1. The van der Waals surface area contributed by atoms with Gasteiger partial charge in [-0.3, -0.25) is 5.10 Å². The van der Waals surface area contributed by atoms with Crippen LogP contribution in [0.15, 0.2) is 12.4 Å². The van der Waals surface area contributed by atoms with Gasteiger partial charge in [0.15, 0.2) is 0 Å². The second kappa shape index (κ2) is 4.10. The van der Waals surface area contributed by atoms with Crippen molar-refractivity contribution in [2.24, 2.45) is 11.3 Å². The van der Waals surface area contributed by atoms with Crippen LogP contribution in [-0.4, -0.2) is 29.0 Å². The van der Waals surface area contributed by atoms with Crippen LogP contribution in [0.3, 0.4) is 0 Å². The summed E-state index contributed by atoms with van der Waals surface area (Å²) in [6.45, 7) is 6.46. The van der Waals surface area contributed by atoms with Gasteiger partial charge in [-0.1, -0.05) is 13.8 Å². The van der Waals surface area contributed by atoms with Crippen molar-refractivity contribution in [3.8, 4) is 0 Å². The third-order valence-corrected chi connectivity index (χ3v) is 4.41. The molecule has 0 bridgehead atoms. The Kier molecular flexibility index (Phi) is 2.71. The van der Waals surface area contributed by atoms with Crippen LogP contribution in [0.5, 0.6) is 0 Å². The van der Waals surface area contributed by atoms with Gasteiger partial charge in [0, 0.05) is 42.3 Å². The van der Waals surface area contributed by atoms with Gasteiger partial charge >= 0.3 is 0 Å². The van der Waals surface area contributed by atoms with E-state index in [9.17, 15) is 0 Å². The first-order valence-electron chi connectivity index (χ1n) is 6.52. The molecule has 0 aromatic carbocycles. The van der Waals surface area contributed by atoms with Gasteiger partial charge in [-0.2, -0.15) is 5.10 Å². The van der Waals surface area contributed by atoms with E-state index < -0.39 is 0 Å². The van der Waals surface area contributed by atoms with E-state index in [-0.39, 0.29) is 5.41 Å². The molecule has 4 nitrogen and oxygen atoms in total. The molecule has 2 aliphatic rings. The average molecular weight is 235 g/mol. The summed E-state index contributed by atoms with van der Waals surface area (Å²) in [6.07, 6.45) is 6.80. The number of hydrogen-bond acceptors (Lipinski definition) is 3. The Morgan fingerprint density at radius 1 is 1.59 bits per heavy atom. The number of fused-ring (bicyclic) bond motifs is 1. The fourth-order valence-electron chi connectivity index (χ4n) is 3.54. The summed E-state index contributed by atoms with van der Waals surface area (Å²) in [6, 6.07) is 0.572. The molecule has 0 amide bonds. The lowest BCUT2D eigenvalue weighted by atomic mass is 9.55. The molecule has 0 spiro atoms. The first-order chi connectivity index (χ1) is 8.19.